The molecule has 0 spiro atoms. The third kappa shape index (κ3) is 2.88. The zero-order valence-corrected chi connectivity index (χ0v) is 12.3. The Bertz CT molecular complexity index is 558. The van der Waals surface area contributed by atoms with Gasteiger partial charge in [0, 0.05) is 12.0 Å². The topological polar surface area (TPSA) is 64.6 Å². The molecule has 1 amide bonds. The number of anilines is 1. The number of carbonyl (C=O) groups is 2. The van der Waals surface area contributed by atoms with Crippen molar-refractivity contribution < 1.29 is 19.1 Å². The molecule has 6 heteroatoms. The summed E-state index contributed by atoms with van der Waals surface area (Å²) >= 11 is 6.09. The summed E-state index contributed by atoms with van der Waals surface area (Å²) in [7, 11) is 2.71. The molecule has 0 bridgehead atoms. The quantitative estimate of drug-likeness (QED) is 0.868. The van der Waals surface area contributed by atoms with Crippen LogP contribution < -0.4 is 10.1 Å². The molecule has 5 nitrogen and oxygen atoms in total. The number of ether oxygens (including phenoxy) is 2. The third-order valence-corrected chi connectivity index (χ3v) is 3.71. The molecular weight excluding hydrogens is 282 g/mol. The molecule has 1 N–H and O–H groups in total. The van der Waals surface area contributed by atoms with Gasteiger partial charge in [0.2, 0.25) is 5.91 Å². The van der Waals surface area contributed by atoms with Crippen molar-refractivity contribution in [2.24, 2.45) is 11.8 Å². The second-order valence-electron chi connectivity index (χ2n) is 4.83. The van der Waals surface area contributed by atoms with E-state index in [2.05, 4.69) is 10.1 Å². The van der Waals surface area contributed by atoms with E-state index in [-0.39, 0.29) is 22.4 Å². The Labute approximate surface area is 122 Å². The molecule has 0 aromatic heterocycles. The Kier molecular flexibility index (Phi) is 4.18. The number of amides is 1. The molecule has 0 saturated heterocycles. The van der Waals surface area contributed by atoms with Crippen LogP contribution in [0.2, 0.25) is 5.02 Å². The molecule has 0 radical (unpaired) electrons. The zero-order valence-electron chi connectivity index (χ0n) is 11.5. The van der Waals surface area contributed by atoms with Gasteiger partial charge in [-0.2, -0.15) is 0 Å². The van der Waals surface area contributed by atoms with Crippen LogP contribution in [-0.2, 0) is 9.53 Å². The van der Waals surface area contributed by atoms with Crippen molar-refractivity contribution in [3.8, 4) is 5.75 Å². The summed E-state index contributed by atoms with van der Waals surface area (Å²) in [6, 6.07) is 2.96. The minimum absolute atomic E-state index is 0.0392. The predicted molar refractivity (Wildman–Crippen MR) is 75.2 cm³/mol. The standard InChI is InChI=1S/C14H16ClNO4/c1-7-4-8(7)13(17)16-11-6-12(19-2)9(5-10(11)15)14(18)20-3/h5-8H,4H2,1-3H3,(H,16,17)/t7-,8-/m1/s1. The van der Waals surface area contributed by atoms with Crippen LogP contribution >= 0.6 is 11.6 Å². The maximum absolute atomic E-state index is 11.9. The Morgan fingerprint density at radius 3 is 2.50 bits per heavy atom. The van der Waals surface area contributed by atoms with Gasteiger partial charge >= 0.3 is 5.97 Å². The molecule has 2 rings (SSSR count). The van der Waals surface area contributed by atoms with Crippen LogP contribution in [0.25, 0.3) is 0 Å². The molecule has 1 saturated carbocycles. The van der Waals surface area contributed by atoms with E-state index in [1.165, 1.54) is 26.4 Å². The number of nitrogens with one attached hydrogen (secondary N) is 1. The minimum Gasteiger partial charge on any atom is -0.496 e. The van der Waals surface area contributed by atoms with Crippen molar-refractivity contribution >= 4 is 29.2 Å². The van der Waals surface area contributed by atoms with Gasteiger partial charge in [0.25, 0.3) is 0 Å². The average Bonchev–Trinajstić information content (AvgIpc) is 3.16. The van der Waals surface area contributed by atoms with E-state index < -0.39 is 5.97 Å². The molecule has 1 aliphatic rings. The van der Waals surface area contributed by atoms with Gasteiger partial charge in [-0.3, -0.25) is 4.79 Å². The summed E-state index contributed by atoms with van der Waals surface area (Å²) in [5.41, 5.74) is 0.651. The monoisotopic (exact) mass is 297 g/mol. The number of hydrogen-bond donors (Lipinski definition) is 1. The fourth-order valence-corrected chi connectivity index (χ4v) is 2.21. The van der Waals surface area contributed by atoms with Gasteiger partial charge in [0.05, 0.1) is 24.9 Å². The van der Waals surface area contributed by atoms with E-state index in [4.69, 9.17) is 16.3 Å². The molecule has 20 heavy (non-hydrogen) atoms. The molecule has 1 aromatic rings. The van der Waals surface area contributed by atoms with E-state index in [1.807, 2.05) is 6.92 Å². The molecule has 0 aliphatic heterocycles. The van der Waals surface area contributed by atoms with Crippen LogP contribution in [0.1, 0.15) is 23.7 Å². The summed E-state index contributed by atoms with van der Waals surface area (Å²) < 4.78 is 9.78. The highest BCUT2D eigenvalue weighted by atomic mass is 35.5. The third-order valence-electron chi connectivity index (χ3n) is 3.40. The largest absolute Gasteiger partial charge is 0.496 e. The Hall–Kier alpha value is -1.75. The first-order chi connectivity index (χ1) is 9.47. The summed E-state index contributed by atoms with van der Waals surface area (Å²) in [5.74, 6) is 0.146. The van der Waals surface area contributed by atoms with Crippen molar-refractivity contribution in [3.63, 3.8) is 0 Å². The minimum atomic E-state index is -0.544. The van der Waals surface area contributed by atoms with E-state index in [0.717, 1.165) is 6.42 Å². The molecule has 1 aromatic carbocycles. The summed E-state index contributed by atoms with van der Waals surface area (Å²) in [5, 5.41) is 3.03. The summed E-state index contributed by atoms with van der Waals surface area (Å²) in [6.45, 7) is 2.02. The maximum atomic E-state index is 11.9. The number of hydrogen-bond acceptors (Lipinski definition) is 4. The number of methoxy groups -OCH3 is 2. The Morgan fingerprint density at radius 1 is 1.35 bits per heavy atom. The number of benzene rings is 1. The highest BCUT2D eigenvalue weighted by Crippen LogP contribution is 2.39. The second-order valence-corrected chi connectivity index (χ2v) is 5.24. The normalized spacial score (nSPS) is 20.2. The van der Waals surface area contributed by atoms with Crippen LogP contribution in [0.15, 0.2) is 12.1 Å². The second kappa shape index (κ2) is 5.71. The Balaban J connectivity index is 2.26. The molecular formula is C14H16ClNO4. The van der Waals surface area contributed by atoms with Crippen molar-refractivity contribution in [1.82, 2.24) is 0 Å². The van der Waals surface area contributed by atoms with Gasteiger partial charge in [0.15, 0.2) is 0 Å². The number of esters is 1. The zero-order chi connectivity index (χ0) is 14.9. The lowest BCUT2D eigenvalue weighted by Gasteiger charge is -2.12. The van der Waals surface area contributed by atoms with Crippen molar-refractivity contribution in [2.75, 3.05) is 19.5 Å². The fourth-order valence-electron chi connectivity index (χ4n) is 2.00. The van der Waals surface area contributed by atoms with Crippen molar-refractivity contribution in [2.45, 2.75) is 13.3 Å². The number of rotatable bonds is 4. The van der Waals surface area contributed by atoms with E-state index >= 15 is 0 Å². The van der Waals surface area contributed by atoms with Crippen molar-refractivity contribution in [3.05, 3.63) is 22.7 Å². The van der Waals surface area contributed by atoms with Gasteiger partial charge in [0.1, 0.15) is 11.3 Å². The lowest BCUT2D eigenvalue weighted by molar-refractivity contribution is -0.117. The maximum Gasteiger partial charge on any atom is 0.341 e. The van der Waals surface area contributed by atoms with Crippen LogP contribution in [0.5, 0.6) is 5.75 Å². The predicted octanol–water partition coefficient (Wildman–Crippen LogP) is 2.73. The Morgan fingerprint density at radius 2 is 2.00 bits per heavy atom. The lowest BCUT2D eigenvalue weighted by Crippen LogP contribution is -2.15. The molecule has 0 heterocycles. The fraction of sp³-hybridized carbons (Fsp3) is 0.429. The first kappa shape index (κ1) is 14.7. The van der Waals surface area contributed by atoms with Gasteiger partial charge in [-0.1, -0.05) is 18.5 Å². The van der Waals surface area contributed by atoms with E-state index in [9.17, 15) is 9.59 Å². The molecule has 1 aliphatic carbocycles. The smallest absolute Gasteiger partial charge is 0.341 e. The van der Waals surface area contributed by atoms with Gasteiger partial charge < -0.3 is 14.8 Å². The molecule has 108 valence electrons. The highest BCUT2D eigenvalue weighted by Gasteiger charge is 2.39. The average molecular weight is 298 g/mol. The van der Waals surface area contributed by atoms with E-state index in [1.54, 1.807) is 0 Å². The highest BCUT2D eigenvalue weighted by molar-refractivity contribution is 6.34. The summed E-state index contributed by atoms with van der Waals surface area (Å²) in [6.07, 6.45) is 0.890. The number of halogens is 1. The van der Waals surface area contributed by atoms with Gasteiger partial charge in [-0.25, -0.2) is 4.79 Å². The summed E-state index contributed by atoms with van der Waals surface area (Å²) in [4.78, 5) is 23.5. The van der Waals surface area contributed by atoms with Crippen LogP contribution in [-0.4, -0.2) is 26.1 Å². The first-order valence-corrected chi connectivity index (χ1v) is 6.62. The van der Waals surface area contributed by atoms with E-state index in [0.29, 0.717) is 17.4 Å². The molecule has 2 atom stereocenters. The van der Waals surface area contributed by atoms with Gasteiger partial charge in [-0.05, 0) is 18.4 Å². The SMILES string of the molecule is COC(=O)c1cc(Cl)c(NC(=O)[C@@H]2C[C@H]2C)cc1OC. The van der Waals surface area contributed by atoms with Crippen molar-refractivity contribution in [1.29, 1.82) is 0 Å². The van der Waals surface area contributed by atoms with Crippen LogP contribution in [0.4, 0.5) is 5.69 Å². The first-order valence-electron chi connectivity index (χ1n) is 6.24. The van der Waals surface area contributed by atoms with Gasteiger partial charge in [-0.15, -0.1) is 0 Å². The molecule has 1 fully saturated rings. The lowest BCUT2D eigenvalue weighted by atomic mass is 10.1. The van der Waals surface area contributed by atoms with Crippen LogP contribution in [0.3, 0.4) is 0 Å². The number of carbonyl (C=O) groups excluding carboxylic acids is 2. The van der Waals surface area contributed by atoms with Crippen LogP contribution in [0, 0.1) is 11.8 Å². The molecule has 0 unspecified atom stereocenters.